The monoisotopic (exact) mass is 613 g/mol. The molecule has 0 saturated heterocycles. The summed E-state index contributed by atoms with van der Waals surface area (Å²) in [4.78, 5) is 32.1. The van der Waals surface area contributed by atoms with E-state index >= 15 is 0 Å². The van der Waals surface area contributed by atoms with E-state index < -0.39 is 12.0 Å². The molecule has 0 aliphatic carbocycles. The molecular formula is C33H28ClN3O5S. The Hall–Kier alpha value is -4.65. The molecule has 1 atom stereocenters. The summed E-state index contributed by atoms with van der Waals surface area (Å²) in [6.45, 7) is 4.25. The molecule has 0 spiro atoms. The molecule has 0 fully saturated rings. The van der Waals surface area contributed by atoms with Crippen LogP contribution in [0.3, 0.4) is 0 Å². The van der Waals surface area contributed by atoms with E-state index in [1.165, 1.54) is 18.4 Å². The van der Waals surface area contributed by atoms with Crippen LogP contribution in [0.1, 0.15) is 48.6 Å². The second-order valence-corrected chi connectivity index (χ2v) is 10.9. The topological polar surface area (TPSA) is 103 Å². The summed E-state index contributed by atoms with van der Waals surface area (Å²) in [5, 5.41) is 9.71. The Bertz CT molecular complexity index is 1940. The summed E-state index contributed by atoms with van der Waals surface area (Å²) in [5.41, 5.74) is 3.27. The first-order valence-electron chi connectivity index (χ1n) is 13.6. The van der Waals surface area contributed by atoms with E-state index in [1.807, 2.05) is 56.3 Å². The van der Waals surface area contributed by atoms with Gasteiger partial charge in [0.2, 0.25) is 0 Å². The van der Waals surface area contributed by atoms with Crippen LogP contribution in [-0.4, -0.2) is 24.3 Å². The Morgan fingerprint density at radius 2 is 1.86 bits per heavy atom. The summed E-state index contributed by atoms with van der Waals surface area (Å²) < 4.78 is 19.0. The zero-order valence-corrected chi connectivity index (χ0v) is 25.4. The van der Waals surface area contributed by atoms with Crippen molar-refractivity contribution < 1.29 is 19.0 Å². The third-order valence-corrected chi connectivity index (χ3v) is 8.17. The van der Waals surface area contributed by atoms with E-state index in [0.29, 0.717) is 61.3 Å². The minimum absolute atomic E-state index is 0.128. The van der Waals surface area contributed by atoms with Crippen LogP contribution in [0.2, 0.25) is 5.02 Å². The summed E-state index contributed by atoms with van der Waals surface area (Å²) >= 11 is 7.91. The highest BCUT2D eigenvalue weighted by Gasteiger charge is 2.33. The first-order chi connectivity index (χ1) is 20.9. The van der Waals surface area contributed by atoms with Crippen LogP contribution in [0.5, 0.6) is 11.5 Å². The van der Waals surface area contributed by atoms with Crippen molar-refractivity contribution in [2.24, 2.45) is 4.99 Å². The summed E-state index contributed by atoms with van der Waals surface area (Å²) in [7, 11) is 1.32. The highest BCUT2D eigenvalue weighted by atomic mass is 35.5. The van der Waals surface area contributed by atoms with E-state index in [1.54, 1.807) is 34.9 Å². The Morgan fingerprint density at radius 1 is 1.12 bits per heavy atom. The number of carbonyl (C=O) groups excluding carboxylic acids is 1. The smallest absolute Gasteiger partial charge is 0.338 e. The van der Waals surface area contributed by atoms with Gasteiger partial charge < -0.3 is 14.2 Å². The molecule has 10 heteroatoms. The molecule has 1 aliphatic heterocycles. The first-order valence-corrected chi connectivity index (χ1v) is 14.8. The van der Waals surface area contributed by atoms with Gasteiger partial charge in [0.25, 0.3) is 5.56 Å². The number of ether oxygens (including phenoxy) is 3. The van der Waals surface area contributed by atoms with Gasteiger partial charge in [-0.25, -0.2) is 9.79 Å². The Labute approximate surface area is 257 Å². The number of halogens is 1. The normalized spacial score (nSPS) is 14.5. The highest BCUT2D eigenvalue weighted by molar-refractivity contribution is 7.07. The van der Waals surface area contributed by atoms with Crippen molar-refractivity contribution in [1.82, 2.24) is 4.57 Å². The lowest BCUT2D eigenvalue weighted by atomic mass is 9.95. The molecule has 8 nitrogen and oxygen atoms in total. The molecule has 2 heterocycles. The van der Waals surface area contributed by atoms with Crippen LogP contribution in [0, 0.1) is 11.3 Å². The van der Waals surface area contributed by atoms with Gasteiger partial charge in [-0.1, -0.05) is 78.4 Å². The number of nitrogens with zero attached hydrogens (tertiary/aromatic N) is 3. The summed E-state index contributed by atoms with van der Waals surface area (Å²) in [6.07, 6.45) is 2.22. The van der Waals surface area contributed by atoms with Gasteiger partial charge in [0.15, 0.2) is 16.3 Å². The van der Waals surface area contributed by atoms with E-state index in [9.17, 15) is 14.9 Å². The van der Waals surface area contributed by atoms with Crippen molar-refractivity contribution in [1.29, 1.82) is 5.26 Å². The molecule has 4 aromatic rings. The largest absolute Gasteiger partial charge is 0.490 e. The number of aromatic nitrogens is 1. The highest BCUT2D eigenvalue weighted by Crippen LogP contribution is 2.38. The van der Waals surface area contributed by atoms with Gasteiger partial charge in [-0.05, 0) is 48.7 Å². The van der Waals surface area contributed by atoms with Crippen LogP contribution >= 0.6 is 22.9 Å². The molecule has 0 radical (unpaired) electrons. The van der Waals surface area contributed by atoms with Crippen molar-refractivity contribution in [3.8, 4) is 17.6 Å². The predicted octanol–water partition coefficient (Wildman–Crippen LogP) is 5.30. The Morgan fingerprint density at radius 3 is 2.56 bits per heavy atom. The van der Waals surface area contributed by atoms with E-state index in [4.69, 9.17) is 30.8 Å². The summed E-state index contributed by atoms with van der Waals surface area (Å²) in [5.74, 6) is 0.228. The number of rotatable bonds is 9. The zero-order chi connectivity index (χ0) is 30.5. The van der Waals surface area contributed by atoms with Crippen LogP contribution in [-0.2, 0) is 16.1 Å². The van der Waals surface area contributed by atoms with Gasteiger partial charge in [0.1, 0.15) is 6.61 Å². The molecule has 3 aromatic carbocycles. The Kier molecular flexibility index (Phi) is 9.10. The van der Waals surface area contributed by atoms with Gasteiger partial charge in [0, 0.05) is 5.56 Å². The molecule has 0 saturated carbocycles. The lowest BCUT2D eigenvalue weighted by molar-refractivity contribution is -0.136. The molecule has 0 bridgehead atoms. The fraction of sp³-hybridized carbons (Fsp3) is 0.212. The van der Waals surface area contributed by atoms with Gasteiger partial charge >= 0.3 is 5.97 Å². The molecule has 1 aliphatic rings. The van der Waals surface area contributed by atoms with Crippen molar-refractivity contribution in [3.63, 3.8) is 0 Å². The van der Waals surface area contributed by atoms with E-state index in [2.05, 4.69) is 6.07 Å². The molecule has 0 unspecified atom stereocenters. The SMILES string of the molecule is CCOc1cc(/C=c2\sc3n(c2=O)[C@H](c2ccccc2)C(C(=O)OC)=C(CC)N=3)cc(Cl)c1OCc1ccccc1C#N. The number of allylic oxidation sites excluding steroid dienone is 1. The molecular weight excluding hydrogens is 586 g/mol. The second kappa shape index (κ2) is 13.1. The minimum Gasteiger partial charge on any atom is -0.490 e. The molecule has 1 aromatic heterocycles. The van der Waals surface area contributed by atoms with Crippen molar-refractivity contribution in [2.45, 2.75) is 32.9 Å². The average molecular weight is 614 g/mol. The van der Waals surface area contributed by atoms with Gasteiger partial charge in [0.05, 0.1) is 52.2 Å². The Balaban J connectivity index is 1.60. The second-order valence-electron chi connectivity index (χ2n) is 9.52. The molecule has 0 amide bonds. The number of carbonyl (C=O) groups is 1. The van der Waals surface area contributed by atoms with E-state index in [0.717, 1.165) is 11.1 Å². The molecule has 0 N–H and O–H groups in total. The fourth-order valence-electron chi connectivity index (χ4n) is 4.95. The molecule has 5 rings (SSSR count). The quantitative estimate of drug-likeness (QED) is 0.237. The minimum atomic E-state index is -0.684. The number of esters is 1. The van der Waals surface area contributed by atoms with Crippen molar-refractivity contribution in [3.05, 3.63) is 125 Å². The molecule has 218 valence electrons. The van der Waals surface area contributed by atoms with Gasteiger partial charge in [-0.15, -0.1) is 0 Å². The van der Waals surface area contributed by atoms with E-state index in [-0.39, 0.29) is 12.2 Å². The predicted molar refractivity (Wildman–Crippen MR) is 165 cm³/mol. The molecule has 43 heavy (non-hydrogen) atoms. The maximum absolute atomic E-state index is 13.9. The number of hydrogen-bond acceptors (Lipinski definition) is 8. The lowest BCUT2D eigenvalue weighted by Gasteiger charge is -2.25. The van der Waals surface area contributed by atoms with Crippen molar-refractivity contribution in [2.75, 3.05) is 13.7 Å². The van der Waals surface area contributed by atoms with Crippen LogP contribution in [0.4, 0.5) is 0 Å². The van der Waals surface area contributed by atoms with Crippen LogP contribution < -0.4 is 24.4 Å². The van der Waals surface area contributed by atoms with Gasteiger partial charge in [-0.2, -0.15) is 5.26 Å². The number of thiazole rings is 1. The number of hydrogen-bond donors (Lipinski definition) is 0. The van der Waals surface area contributed by atoms with Gasteiger partial charge in [-0.3, -0.25) is 9.36 Å². The fourth-order valence-corrected chi connectivity index (χ4v) is 6.24. The number of methoxy groups -OCH3 is 1. The third kappa shape index (κ3) is 5.98. The zero-order valence-electron chi connectivity index (χ0n) is 23.8. The third-order valence-electron chi connectivity index (χ3n) is 6.90. The summed E-state index contributed by atoms with van der Waals surface area (Å²) in [6, 6.07) is 21.5. The number of benzene rings is 3. The average Bonchev–Trinajstić information content (AvgIpc) is 3.33. The maximum Gasteiger partial charge on any atom is 0.338 e. The standard InChI is InChI=1S/C33H28ClN3O5S/c1-4-25-28(32(39)40-3)29(21-11-7-6-8-12-21)37-31(38)27(43-33(37)36-25)17-20-15-24(34)30(26(16-20)41-5-2)42-19-23-14-10-9-13-22(23)18-35/h6-17,29H,4-5,19H2,1-3H3/b27-17-/t29-/m1/s1. The first kappa shape index (κ1) is 29.8. The van der Waals surface area contributed by atoms with Crippen LogP contribution in [0.15, 0.2) is 87.8 Å². The lowest BCUT2D eigenvalue weighted by Crippen LogP contribution is -2.40. The van der Waals surface area contributed by atoms with Crippen molar-refractivity contribution >= 4 is 35.0 Å². The number of fused-ring (bicyclic) bond motifs is 1. The number of nitriles is 1. The van der Waals surface area contributed by atoms with Crippen LogP contribution in [0.25, 0.3) is 6.08 Å². The maximum atomic E-state index is 13.9.